The fraction of sp³-hybridized carbons (Fsp3) is 0.353. The molecule has 1 saturated heterocycles. The number of thioether (sulfide) groups is 1. The molecule has 0 spiro atoms. The van der Waals surface area contributed by atoms with Crippen molar-refractivity contribution in [3.8, 4) is 11.1 Å². The highest BCUT2D eigenvalue weighted by atomic mass is 32.2. The third-order valence-electron chi connectivity index (χ3n) is 7.62. The molecule has 2 N–H and O–H groups in total. The van der Waals surface area contributed by atoms with Gasteiger partial charge in [0, 0.05) is 30.7 Å². The minimum Gasteiger partial charge on any atom is -0.453 e. The van der Waals surface area contributed by atoms with Gasteiger partial charge in [-0.15, -0.1) is 10.2 Å². The second kappa shape index (κ2) is 15.1. The van der Waals surface area contributed by atoms with Crippen LogP contribution in [-0.4, -0.2) is 45.1 Å². The van der Waals surface area contributed by atoms with E-state index < -0.39 is 18.4 Å². The Kier molecular flexibility index (Phi) is 11.0. The Bertz CT molecular complexity index is 1590. The summed E-state index contributed by atoms with van der Waals surface area (Å²) >= 11 is 3.22. The van der Waals surface area contributed by atoms with Crippen LogP contribution in [0.25, 0.3) is 11.1 Å². The lowest BCUT2D eigenvalue weighted by atomic mass is 9.91. The largest absolute Gasteiger partial charge is 0.453 e. The number of aryl methyl sites for hydroxylation is 1. The van der Waals surface area contributed by atoms with E-state index in [9.17, 15) is 14.7 Å². The van der Waals surface area contributed by atoms with Gasteiger partial charge < -0.3 is 24.6 Å². The molecule has 1 aliphatic heterocycles. The number of rotatable bonds is 11. The van der Waals surface area contributed by atoms with Crippen LogP contribution in [0.4, 0.5) is 0 Å². The molecule has 0 radical (unpaired) electrons. The monoisotopic (exact) mass is 647 g/mol. The summed E-state index contributed by atoms with van der Waals surface area (Å²) in [6.07, 6.45) is -1.72. The zero-order valence-electron chi connectivity index (χ0n) is 25.6. The van der Waals surface area contributed by atoms with E-state index in [2.05, 4.69) is 22.4 Å². The molecule has 3 aromatic carbocycles. The molecule has 4 aromatic rings. The Morgan fingerprint density at radius 3 is 2.40 bits per heavy atom. The van der Waals surface area contributed by atoms with Crippen LogP contribution >= 0.6 is 23.1 Å². The SMILES string of the molecule is CC(=O)O[C@@H](C)C(=O)NCc1cccc(-c2ccc([C@H]3O[C@@H](CSc4nnc(C)s4)[C@@H](C)[C@@H](c4ccc(CO)cc4)O3)cc2)c1. The van der Waals surface area contributed by atoms with Gasteiger partial charge in [0.1, 0.15) is 5.01 Å². The number of hydrogen-bond acceptors (Lipinski definition) is 10. The van der Waals surface area contributed by atoms with Crippen LogP contribution in [0.3, 0.4) is 0 Å². The van der Waals surface area contributed by atoms with Crippen LogP contribution in [0.1, 0.15) is 60.4 Å². The number of hydrogen-bond donors (Lipinski definition) is 2. The Labute approximate surface area is 271 Å². The summed E-state index contributed by atoms with van der Waals surface area (Å²) < 4.78 is 19.0. The summed E-state index contributed by atoms with van der Waals surface area (Å²) in [5.74, 6) is -0.0598. The maximum atomic E-state index is 12.3. The molecule has 1 amide bonds. The van der Waals surface area contributed by atoms with Crippen LogP contribution in [0.5, 0.6) is 0 Å². The Morgan fingerprint density at radius 2 is 1.73 bits per heavy atom. The van der Waals surface area contributed by atoms with Gasteiger partial charge in [0.15, 0.2) is 16.7 Å². The van der Waals surface area contributed by atoms with E-state index in [1.165, 1.54) is 6.92 Å². The van der Waals surface area contributed by atoms with Gasteiger partial charge in [-0.25, -0.2) is 0 Å². The van der Waals surface area contributed by atoms with Crippen molar-refractivity contribution in [1.82, 2.24) is 15.5 Å². The van der Waals surface area contributed by atoms with Crippen molar-refractivity contribution in [1.29, 1.82) is 0 Å². The van der Waals surface area contributed by atoms with Crippen molar-refractivity contribution in [2.45, 2.75) is 69.8 Å². The maximum absolute atomic E-state index is 12.3. The average molecular weight is 648 g/mol. The highest BCUT2D eigenvalue weighted by molar-refractivity contribution is 8.01. The number of carbonyl (C=O) groups is 2. The number of aliphatic hydroxyl groups excluding tert-OH is 1. The highest BCUT2D eigenvalue weighted by Crippen LogP contribution is 2.43. The predicted molar refractivity (Wildman–Crippen MR) is 173 cm³/mol. The molecule has 0 unspecified atom stereocenters. The van der Waals surface area contributed by atoms with Gasteiger partial charge in [-0.3, -0.25) is 9.59 Å². The van der Waals surface area contributed by atoms with E-state index in [0.717, 1.165) is 42.7 Å². The van der Waals surface area contributed by atoms with Crippen molar-refractivity contribution >= 4 is 35.0 Å². The second-order valence-corrected chi connectivity index (χ2v) is 13.5. The molecule has 9 nitrogen and oxygen atoms in total. The smallest absolute Gasteiger partial charge is 0.303 e. The molecule has 1 aliphatic rings. The Morgan fingerprint density at radius 1 is 1.00 bits per heavy atom. The molecule has 0 aliphatic carbocycles. The maximum Gasteiger partial charge on any atom is 0.303 e. The van der Waals surface area contributed by atoms with Gasteiger partial charge in [0.2, 0.25) is 0 Å². The van der Waals surface area contributed by atoms with Crippen molar-refractivity contribution in [3.05, 3.63) is 100 Å². The van der Waals surface area contributed by atoms with Crippen LogP contribution in [-0.2, 0) is 37.0 Å². The van der Waals surface area contributed by atoms with Gasteiger partial charge in [0.25, 0.3) is 5.91 Å². The summed E-state index contributed by atoms with van der Waals surface area (Å²) in [6.45, 7) is 7.23. The number of carbonyl (C=O) groups excluding carboxylic acids is 2. The van der Waals surface area contributed by atoms with Crippen molar-refractivity contribution in [2.24, 2.45) is 5.92 Å². The van der Waals surface area contributed by atoms with Crippen LogP contribution in [0.2, 0.25) is 0 Å². The van der Waals surface area contributed by atoms with E-state index >= 15 is 0 Å². The number of benzene rings is 3. The predicted octanol–water partition coefficient (Wildman–Crippen LogP) is 6.16. The number of nitrogens with one attached hydrogen (secondary N) is 1. The Balaban J connectivity index is 1.31. The summed E-state index contributed by atoms with van der Waals surface area (Å²) in [5, 5.41) is 21.7. The first-order valence-corrected chi connectivity index (χ1v) is 16.6. The molecule has 11 heteroatoms. The van der Waals surface area contributed by atoms with E-state index in [1.54, 1.807) is 30.0 Å². The minimum atomic E-state index is -0.850. The van der Waals surface area contributed by atoms with Crippen LogP contribution < -0.4 is 5.32 Å². The normalized spacial score (nSPS) is 20.4. The number of aromatic nitrogens is 2. The summed E-state index contributed by atoms with van der Waals surface area (Å²) in [5.41, 5.74) is 5.74. The molecule has 0 saturated carbocycles. The van der Waals surface area contributed by atoms with E-state index in [-0.39, 0.29) is 30.6 Å². The van der Waals surface area contributed by atoms with E-state index in [1.807, 2.05) is 79.7 Å². The molecule has 1 fully saturated rings. The molecular weight excluding hydrogens is 611 g/mol. The molecule has 5 rings (SSSR count). The fourth-order valence-electron chi connectivity index (χ4n) is 5.13. The molecule has 0 bridgehead atoms. The quantitative estimate of drug-likeness (QED) is 0.146. The molecule has 1 aromatic heterocycles. The van der Waals surface area contributed by atoms with Gasteiger partial charge in [-0.2, -0.15) is 0 Å². The first-order chi connectivity index (χ1) is 21.7. The molecule has 45 heavy (non-hydrogen) atoms. The summed E-state index contributed by atoms with van der Waals surface area (Å²) in [4.78, 5) is 23.4. The van der Waals surface area contributed by atoms with Gasteiger partial charge in [-0.1, -0.05) is 96.8 Å². The zero-order valence-corrected chi connectivity index (χ0v) is 27.3. The van der Waals surface area contributed by atoms with Crippen molar-refractivity contribution in [2.75, 3.05) is 5.75 Å². The Hall–Kier alpha value is -3.61. The molecule has 2 heterocycles. The zero-order chi connectivity index (χ0) is 31.9. The first-order valence-electron chi connectivity index (χ1n) is 14.8. The lowest BCUT2D eigenvalue weighted by Crippen LogP contribution is -2.38. The number of aliphatic hydroxyl groups is 1. The third-order valence-corrected chi connectivity index (χ3v) is 9.68. The van der Waals surface area contributed by atoms with Gasteiger partial charge in [-0.05, 0) is 47.7 Å². The second-order valence-electron chi connectivity index (χ2n) is 11.0. The van der Waals surface area contributed by atoms with E-state index in [4.69, 9.17) is 14.2 Å². The van der Waals surface area contributed by atoms with Gasteiger partial charge >= 0.3 is 5.97 Å². The molecule has 5 atom stereocenters. The van der Waals surface area contributed by atoms with E-state index in [0.29, 0.717) is 12.3 Å². The average Bonchev–Trinajstić information content (AvgIpc) is 3.47. The minimum absolute atomic E-state index is 0.00714. The lowest BCUT2D eigenvalue weighted by Gasteiger charge is -2.41. The molecular formula is C34H37N3O6S2. The van der Waals surface area contributed by atoms with Gasteiger partial charge in [0.05, 0.1) is 18.8 Å². The van der Waals surface area contributed by atoms with Crippen molar-refractivity contribution < 1.29 is 28.9 Å². The highest BCUT2D eigenvalue weighted by Gasteiger charge is 2.38. The first kappa shape index (κ1) is 32.8. The topological polar surface area (TPSA) is 120 Å². The number of nitrogens with zero attached hydrogens (tertiary/aromatic N) is 2. The number of amides is 1. The number of esters is 1. The van der Waals surface area contributed by atoms with Crippen LogP contribution in [0, 0.1) is 12.8 Å². The number of ether oxygens (including phenoxy) is 3. The standard InChI is InChI=1S/C34H37N3O6S2/c1-20-30(19-44-34-37-36-22(3)45-34)42-33(43-31(20)27-10-8-24(18-38)9-11-27)28-14-12-26(13-15-28)29-7-5-6-25(16-29)17-35-32(40)21(2)41-23(4)39/h5-16,20-21,30-31,33,38H,17-19H2,1-4H3,(H,35,40)/t20-,21+,30+,31+,33+/m1/s1. The summed E-state index contributed by atoms with van der Waals surface area (Å²) in [6, 6.07) is 23.9. The third kappa shape index (κ3) is 8.56. The van der Waals surface area contributed by atoms with Crippen molar-refractivity contribution in [3.63, 3.8) is 0 Å². The fourth-order valence-corrected chi connectivity index (χ4v) is 7.13. The summed E-state index contributed by atoms with van der Waals surface area (Å²) in [7, 11) is 0. The molecule has 236 valence electrons. The van der Waals surface area contributed by atoms with Crippen LogP contribution in [0.15, 0.2) is 77.1 Å². The lowest BCUT2D eigenvalue weighted by molar-refractivity contribution is -0.268.